The number of hydrogen-bond acceptors (Lipinski definition) is 18. The van der Waals surface area contributed by atoms with Crippen LogP contribution in [0.4, 0.5) is 34.1 Å². The van der Waals surface area contributed by atoms with Crippen molar-refractivity contribution in [3.8, 4) is 35.5 Å². The maximum Gasteiger partial charge on any atom is 0.333 e. The Balaban J connectivity index is 0.000000154. The molecule has 36 heteroatoms. The Bertz CT molecular complexity index is 6100. The van der Waals surface area contributed by atoms with Gasteiger partial charge in [0.05, 0.1) is 19.6 Å². The first-order valence-electron chi connectivity index (χ1n) is 36.7. The van der Waals surface area contributed by atoms with Crippen LogP contribution in [0, 0.1) is 75.8 Å². The normalized spacial score (nSPS) is 14.7. The minimum atomic E-state index is -3.77. The van der Waals surface area contributed by atoms with E-state index in [1.54, 1.807) is 73.3 Å². The van der Waals surface area contributed by atoms with Gasteiger partial charge in [-0.1, -0.05) is 83.7 Å². The van der Waals surface area contributed by atoms with Gasteiger partial charge in [-0.05, 0) is 154 Å². The number of carbonyl (C=O) groups excluding carboxylic acids is 6. The number of carbonyl (C=O) groups is 6. The molecule has 3 aromatic carbocycles. The number of benzene rings is 3. The average Bonchev–Trinajstić information content (AvgIpc) is 1.59. The average molecular weight is 1710 g/mol. The maximum atomic E-state index is 12.9. The monoisotopic (exact) mass is 1710 g/mol. The van der Waals surface area contributed by atoms with E-state index in [9.17, 15) is 66.0 Å². The lowest BCUT2D eigenvalue weighted by atomic mass is 10.1. The molecule has 32 nitrogen and oxygen atoms in total. The standard InChI is InChI=1S/C26H28N6O4S.C25H26N6O6S.C24H24N6O4S.C2H5I/c1-4-37-25-29-21-20(30(25)2)24(35)31(3)26(36)32(21)11-5-6-15-12-18(27-22(33)16-7-8-16)14-19(13-15)28-23(34)17-9-10-17;1-29-19-20(28-24(29)38(3,36)37)31(25(35)30(2)23(19)34)10-4-5-14-11-17(26-21(32)15-6-7-15)13-18(12-14)27-22(33)16-8-9-16;1-28-18-19(27-23(28)35)30(24(34)29(2)22(18)33)9-3-4-13-10-16(25-20(31)14-5-6-14)12-17(11-13)26-21(32)15-7-8-15;1-2-3/h12-14,16-17H,4,7-11H2,1-3H3,(H,27,33)(H,28,34);11-13,15-16H,6-10H2,1-3H3,(H,26,32)(H,27,33);10-12,14-15H,5-9H2,1-2H3,(H,25,31)(H,26,32)(H,27,35);2H2,1H3. The molecule has 6 aromatic heterocycles. The van der Waals surface area contributed by atoms with Crippen LogP contribution in [-0.4, -0.2) is 116 Å². The number of sulfone groups is 1. The number of amides is 6. The van der Waals surface area contributed by atoms with Gasteiger partial charge < -0.3 is 50.6 Å². The Morgan fingerprint density at radius 3 is 1.04 bits per heavy atom. The smallest absolute Gasteiger partial charge is 0.326 e. The highest BCUT2D eigenvalue weighted by Gasteiger charge is 2.35. The van der Waals surface area contributed by atoms with Crippen molar-refractivity contribution >= 4 is 159 Å². The molecule has 6 amide bonds. The maximum absolute atomic E-state index is 12.9. The minimum absolute atomic E-state index is 0.00116. The van der Waals surface area contributed by atoms with E-state index in [4.69, 9.17) is 12.2 Å². The third-order valence-corrected chi connectivity index (χ3v) is 21.4. The molecule has 0 spiro atoms. The van der Waals surface area contributed by atoms with Gasteiger partial charge in [0.25, 0.3) is 16.7 Å². The molecule has 113 heavy (non-hydrogen) atoms. The lowest BCUT2D eigenvalue weighted by Gasteiger charge is -2.10. The van der Waals surface area contributed by atoms with Crippen LogP contribution >= 0.6 is 46.6 Å². The fourth-order valence-electron chi connectivity index (χ4n) is 12.0. The van der Waals surface area contributed by atoms with E-state index in [0.29, 0.717) is 77.6 Å². The number of fused-ring (bicyclic) bond motifs is 3. The van der Waals surface area contributed by atoms with E-state index in [-0.39, 0.29) is 112 Å². The van der Waals surface area contributed by atoms with E-state index in [1.807, 2.05) is 6.92 Å². The molecule has 9 aromatic rings. The SMILES string of the molecule is CCI.CCSc1nc2c(c(=O)n(C)c(=O)n2CC#Cc2cc(NC(=O)C3CC3)cc(NC(=O)C3CC3)c2)n1C.Cn1c(=O)c2c([nH]c(=S)n2C)n(CC#Cc2cc(NC(=O)C3CC3)cc(NC(=O)C3CC3)c2)c1=O.Cn1c(=O)c2c(nc(S(C)(=O)=O)n2C)n(CC#Cc2cc(NC(=O)C3CC3)cc(NC(=O)C3CC3)c2)c1=O. The number of aryl methyl sites for hydroxylation is 3. The van der Waals surface area contributed by atoms with Gasteiger partial charge >= 0.3 is 17.1 Å². The zero-order valence-corrected chi connectivity index (χ0v) is 68.0. The molecule has 6 aliphatic carbocycles. The largest absolute Gasteiger partial charge is 0.333 e. The summed E-state index contributed by atoms with van der Waals surface area (Å²) in [6, 6.07) is 15.4. The van der Waals surface area contributed by atoms with Gasteiger partial charge in [-0.3, -0.25) is 70.6 Å². The van der Waals surface area contributed by atoms with Crippen molar-refractivity contribution in [1.29, 1.82) is 0 Å². The summed E-state index contributed by atoms with van der Waals surface area (Å²) in [6.45, 7) is 3.93. The Morgan fingerprint density at radius 1 is 0.451 bits per heavy atom. The van der Waals surface area contributed by atoms with Crippen molar-refractivity contribution in [2.75, 3.05) is 48.3 Å². The summed E-state index contributed by atoms with van der Waals surface area (Å²) in [7, 11) is 5.18. The summed E-state index contributed by atoms with van der Waals surface area (Å²) in [5.41, 5.74) is 2.70. The molecule has 7 N–H and O–H groups in total. The number of aromatic nitrogens is 12. The summed E-state index contributed by atoms with van der Waals surface area (Å²) in [5.74, 6) is 18.4. The first kappa shape index (κ1) is 81.4. The number of nitrogens with one attached hydrogen (secondary N) is 7. The van der Waals surface area contributed by atoms with Crippen molar-refractivity contribution in [2.45, 2.75) is 121 Å². The Labute approximate surface area is 669 Å². The van der Waals surface area contributed by atoms with Gasteiger partial charge in [-0.2, -0.15) is 4.98 Å². The van der Waals surface area contributed by atoms with Crippen LogP contribution in [-0.2, 0) is 101 Å². The van der Waals surface area contributed by atoms with Crippen LogP contribution < -0.4 is 65.6 Å². The molecule has 6 saturated carbocycles. The van der Waals surface area contributed by atoms with E-state index >= 15 is 0 Å². The van der Waals surface area contributed by atoms with Crippen molar-refractivity contribution in [3.05, 3.63) is 139 Å². The lowest BCUT2D eigenvalue weighted by molar-refractivity contribution is -0.118. The molecular formula is C77H83IN18O14S3. The van der Waals surface area contributed by atoms with Crippen molar-refractivity contribution in [2.24, 2.45) is 77.8 Å². The quantitative estimate of drug-likeness (QED) is 0.0166. The van der Waals surface area contributed by atoms with Gasteiger partial charge in [0, 0.05) is 135 Å². The first-order chi connectivity index (χ1) is 53.8. The van der Waals surface area contributed by atoms with Crippen LogP contribution in [0.3, 0.4) is 0 Å². The first-order valence-corrected chi connectivity index (χ1v) is 41.5. The second-order valence-electron chi connectivity index (χ2n) is 28.5. The number of halogens is 1. The Morgan fingerprint density at radius 2 is 0.735 bits per heavy atom. The number of rotatable bonds is 18. The lowest BCUT2D eigenvalue weighted by Crippen LogP contribution is -2.38. The van der Waals surface area contributed by atoms with Crippen molar-refractivity contribution < 1.29 is 37.2 Å². The predicted octanol–water partition coefficient (Wildman–Crippen LogP) is 6.17. The highest BCUT2D eigenvalue weighted by molar-refractivity contribution is 14.1. The molecule has 6 fully saturated rings. The molecular weight excluding hydrogens is 1620 g/mol. The highest BCUT2D eigenvalue weighted by Crippen LogP contribution is 2.36. The summed E-state index contributed by atoms with van der Waals surface area (Å²) in [6.07, 6.45) is 11.4. The van der Waals surface area contributed by atoms with E-state index in [0.717, 1.165) is 112 Å². The highest BCUT2D eigenvalue weighted by atomic mass is 127. The number of anilines is 6. The van der Waals surface area contributed by atoms with Crippen LogP contribution in [0.5, 0.6) is 0 Å². The number of imidazole rings is 3. The zero-order valence-electron chi connectivity index (χ0n) is 63.4. The van der Waals surface area contributed by atoms with Gasteiger partial charge in [-0.25, -0.2) is 27.8 Å². The second kappa shape index (κ2) is 34.1. The molecule has 6 heterocycles. The molecule has 0 bridgehead atoms. The van der Waals surface area contributed by atoms with Gasteiger partial charge in [-0.15, -0.1) is 0 Å². The Kier molecular flexibility index (Phi) is 24.5. The van der Waals surface area contributed by atoms with Crippen LogP contribution in [0.2, 0.25) is 0 Å². The van der Waals surface area contributed by atoms with Gasteiger partial charge in [0.1, 0.15) is 5.65 Å². The summed E-state index contributed by atoms with van der Waals surface area (Å²) in [5, 5.41) is 17.6. The molecule has 0 saturated heterocycles. The van der Waals surface area contributed by atoms with Crippen molar-refractivity contribution in [1.82, 2.24) is 56.1 Å². The number of nitrogens with zero attached hydrogens (tertiary/aromatic N) is 11. The second-order valence-corrected chi connectivity index (χ2v) is 33.5. The summed E-state index contributed by atoms with van der Waals surface area (Å²) in [4.78, 5) is 162. The minimum Gasteiger partial charge on any atom is -0.326 e. The van der Waals surface area contributed by atoms with Gasteiger partial charge in [0.2, 0.25) is 50.4 Å². The predicted molar refractivity (Wildman–Crippen MR) is 440 cm³/mol. The topological polar surface area (TPSA) is 397 Å². The third kappa shape index (κ3) is 19.3. The molecule has 590 valence electrons. The molecule has 0 aliphatic heterocycles. The molecule has 0 radical (unpaired) electrons. The molecule has 0 unspecified atom stereocenters. The van der Waals surface area contributed by atoms with E-state index in [2.05, 4.69) is 112 Å². The number of thioether (sulfide) groups is 1. The van der Waals surface area contributed by atoms with Gasteiger partial charge in [0.15, 0.2) is 37.8 Å². The molecule has 15 rings (SSSR count). The van der Waals surface area contributed by atoms with E-state index in [1.165, 1.54) is 58.1 Å². The summed E-state index contributed by atoms with van der Waals surface area (Å²) >= 11 is 9.01. The molecule has 0 atom stereocenters. The third-order valence-electron chi connectivity index (χ3n) is 19.1. The Hall–Kier alpha value is -11.1. The van der Waals surface area contributed by atoms with E-state index < -0.39 is 43.6 Å². The zero-order chi connectivity index (χ0) is 81.2. The number of alkyl halides is 1. The fourth-order valence-corrected chi connectivity index (χ4v) is 13.8. The number of hydrogen-bond donors (Lipinski definition) is 7. The van der Waals surface area contributed by atoms with Crippen LogP contribution in [0.15, 0.2) is 93.7 Å². The fraction of sp³-hybridized carbons (Fsp3) is 0.416. The summed E-state index contributed by atoms with van der Waals surface area (Å²) < 4.78 is 37.1. The van der Waals surface area contributed by atoms with Crippen LogP contribution in [0.25, 0.3) is 33.5 Å². The van der Waals surface area contributed by atoms with Crippen LogP contribution in [0.1, 0.15) is 108 Å². The number of H-pyrrole nitrogens is 1. The number of aromatic amines is 1. The van der Waals surface area contributed by atoms with Crippen molar-refractivity contribution in [3.63, 3.8) is 0 Å². The molecule has 6 aliphatic rings.